The minimum absolute atomic E-state index is 0.295. The van der Waals surface area contributed by atoms with Crippen LogP contribution in [0.2, 0.25) is 0 Å². The highest BCUT2D eigenvalue weighted by Crippen LogP contribution is 2.21. The molecule has 1 heterocycles. The molecule has 5 nitrogen and oxygen atoms in total. The van der Waals surface area contributed by atoms with Crippen LogP contribution in [-0.4, -0.2) is 40.0 Å². The van der Waals surface area contributed by atoms with E-state index in [1.807, 2.05) is 31.3 Å². The SMILES string of the molecule is CC(C)N(C)c1ccccc1CNS(=O)(=O)C1CCOC1. The molecule has 1 N–H and O–H groups in total. The Morgan fingerprint density at radius 2 is 2.10 bits per heavy atom. The van der Waals surface area contributed by atoms with Crippen molar-refractivity contribution >= 4 is 15.7 Å². The lowest BCUT2D eigenvalue weighted by Crippen LogP contribution is -2.35. The lowest BCUT2D eigenvalue weighted by Gasteiger charge is -2.26. The second-order valence-electron chi connectivity index (χ2n) is 5.69. The van der Waals surface area contributed by atoms with Gasteiger partial charge in [0.25, 0.3) is 0 Å². The van der Waals surface area contributed by atoms with Crippen LogP contribution in [0, 0.1) is 0 Å². The number of nitrogens with zero attached hydrogens (tertiary/aromatic N) is 1. The van der Waals surface area contributed by atoms with Crippen LogP contribution in [0.4, 0.5) is 5.69 Å². The molecule has 0 saturated carbocycles. The summed E-state index contributed by atoms with van der Waals surface area (Å²) in [7, 11) is -1.30. The van der Waals surface area contributed by atoms with E-state index in [0.717, 1.165) is 11.3 Å². The standard InChI is InChI=1S/C15H24N2O3S/c1-12(2)17(3)15-7-5-4-6-13(15)10-16-21(18,19)14-8-9-20-11-14/h4-7,12,14,16H,8-11H2,1-3H3. The number of anilines is 1. The molecule has 21 heavy (non-hydrogen) atoms. The third-order valence-corrected chi connectivity index (χ3v) is 5.73. The zero-order valence-corrected chi connectivity index (χ0v) is 13.7. The largest absolute Gasteiger partial charge is 0.380 e. The summed E-state index contributed by atoms with van der Waals surface area (Å²) in [5.74, 6) is 0. The fourth-order valence-electron chi connectivity index (χ4n) is 2.34. The van der Waals surface area contributed by atoms with Gasteiger partial charge in [0, 0.05) is 31.9 Å². The van der Waals surface area contributed by atoms with Crippen LogP contribution in [-0.2, 0) is 21.3 Å². The molecule has 0 bridgehead atoms. The summed E-state index contributed by atoms with van der Waals surface area (Å²) in [6.07, 6.45) is 0.572. The van der Waals surface area contributed by atoms with Gasteiger partial charge in [-0.25, -0.2) is 13.1 Å². The number of hydrogen-bond donors (Lipinski definition) is 1. The number of benzene rings is 1. The van der Waals surface area contributed by atoms with Crippen molar-refractivity contribution in [2.75, 3.05) is 25.2 Å². The highest BCUT2D eigenvalue weighted by Gasteiger charge is 2.29. The molecule has 1 aliphatic rings. The van der Waals surface area contributed by atoms with Crippen LogP contribution in [0.25, 0.3) is 0 Å². The van der Waals surface area contributed by atoms with E-state index in [4.69, 9.17) is 4.74 Å². The Morgan fingerprint density at radius 1 is 1.38 bits per heavy atom. The Bertz CT molecular complexity index is 566. The number of rotatable bonds is 6. The first kappa shape index (κ1) is 16.3. The van der Waals surface area contributed by atoms with Gasteiger partial charge in [0.05, 0.1) is 6.61 Å². The summed E-state index contributed by atoms with van der Waals surface area (Å²) >= 11 is 0. The van der Waals surface area contributed by atoms with Crippen molar-refractivity contribution in [3.8, 4) is 0 Å². The van der Waals surface area contributed by atoms with Crippen LogP contribution >= 0.6 is 0 Å². The highest BCUT2D eigenvalue weighted by molar-refractivity contribution is 7.90. The van der Waals surface area contributed by atoms with Gasteiger partial charge in [-0.3, -0.25) is 0 Å². The van der Waals surface area contributed by atoms with Crippen molar-refractivity contribution in [1.82, 2.24) is 4.72 Å². The summed E-state index contributed by atoms with van der Waals surface area (Å²) in [5, 5.41) is -0.424. The molecule has 0 spiro atoms. The maximum Gasteiger partial charge on any atom is 0.217 e. The van der Waals surface area contributed by atoms with Crippen molar-refractivity contribution in [3.05, 3.63) is 29.8 Å². The first-order valence-electron chi connectivity index (χ1n) is 7.29. The minimum atomic E-state index is -3.31. The average molecular weight is 312 g/mol. The van der Waals surface area contributed by atoms with E-state index >= 15 is 0 Å². The molecular weight excluding hydrogens is 288 g/mol. The monoisotopic (exact) mass is 312 g/mol. The van der Waals surface area contributed by atoms with E-state index in [0.29, 0.717) is 32.2 Å². The second kappa shape index (κ2) is 6.77. The number of nitrogens with one attached hydrogen (secondary N) is 1. The maximum absolute atomic E-state index is 12.2. The summed E-state index contributed by atoms with van der Waals surface area (Å²) in [6.45, 7) is 5.35. The van der Waals surface area contributed by atoms with Gasteiger partial charge in [-0.05, 0) is 31.9 Å². The molecule has 2 rings (SSSR count). The lowest BCUT2D eigenvalue weighted by atomic mass is 10.1. The number of para-hydroxylation sites is 1. The predicted octanol–water partition coefficient (Wildman–Crippen LogP) is 1.74. The molecule has 6 heteroatoms. The van der Waals surface area contributed by atoms with Crippen LogP contribution in [0.3, 0.4) is 0 Å². The lowest BCUT2D eigenvalue weighted by molar-refractivity contribution is 0.198. The van der Waals surface area contributed by atoms with E-state index in [1.54, 1.807) is 0 Å². The molecule has 0 aromatic heterocycles. The van der Waals surface area contributed by atoms with Crippen molar-refractivity contribution in [3.63, 3.8) is 0 Å². The van der Waals surface area contributed by atoms with E-state index in [-0.39, 0.29) is 0 Å². The molecule has 1 unspecified atom stereocenters. The minimum Gasteiger partial charge on any atom is -0.380 e. The first-order chi connectivity index (χ1) is 9.92. The van der Waals surface area contributed by atoms with Crippen LogP contribution < -0.4 is 9.62 Å². The van der Waals surface area contributed by atoms with Crippen molar-refractivity contribution in [1.29, 1.82) is 0 Å². The average Bonchev–Trinajstić information content (AvgIpc) is 2.99. The van der Waals surface area contributed by atoms with Gasteiger partial charge in [0.1, 0.15) is 5.25 Å². The zero-order valence-electron chi connectivity index (χ0n) is 12.9. The number of ether oxygens (including phenoxy) is 1. The fourth-order valence-corrected chi connectivity index (χ4v) is 3.61. The Kier molecular flexibility index (Phi) is 5.24. The van der Waals surface area contributed by atoms with Gasteiger partial charge in [-0.15, -0.1) is 0 Å². The number of sulfonamides is 1. The molecule has 1 aromatic carbocycles. The van der Waals surface area contributed by atoms with E-state index in [1.165, 1.54) is 0 Å². The van der Waals surface area contributed by atoms with Crippen LogP contribution in [0.5, 0.6) is 0 Å². The summed E-state index contributed by atoms with van der Waals surface area (Å²) < 4.78 is 32.3. The summed E-state index contributed by atoms with van der Waals surface area (Å²) in [4.78, 5) is 2.14. The van der Waals surface area contributed by atoms with Gasteiger partial charge in [-0.1, -0.05) is 18.2 Å². The molecule has 0 radical (unpaired) electrons. The van der Waals surface area contributed by atoms with Crippen LogP contribution in [0.1, 0.15) is 25.8 Å². The van der Waals surface area contributed by atoms with Crippen molar-refractivity contribution < 1.29 is 13.2 Å². The molecule has 118 valence electrons. The fraction of sp³-hybridized carbons (Fsp3) is 0.600. The van der Waals surface area contributed by atoms with Gasteiger partial charge >= 0.3 is 0 Å². The maximum atomic E-state index is 12.2. The Labute approximate surface area is 127 Å². The number of hydrogen-bond acceptors (Lipinski definition) is 4. The first-order valence-corrected chi connectivity index (χ1v) is 8.83. The van der Waals surface area contributed by atoms with Gasteiger partial charge in [-0.2, -0.15) is 0 Å². The summed E-state index contributed by atoms with van der Waals surface area (Å²) in [6, 6.07) is 8.23. The normalized spacial score (nSPS) is 19.1. The van der Waals surface area contributed by atoms with E-state index in [9.17, 15) is 8.42 Å². The van der Waals surface area contributed by atoms with Crippen molar-refractivity contribution in [2.24, 2.45) is 0 Å². The molecule has 1 fully saturated rings. The molecule has 0 amide bonds. The van der Waals surface area contributed by atoms with Crippen molar-refractivity contribution in [2.45, 2.75) is 38.1 Å². The topological polar surface area (TPSA) is 58.6 Å². The third-order valence-electron chi connectivity index (χ3n) is 3.94. The zero-order chi connectivity index (χ0) is 15.5. The third kappa shape index (κ3) is 3.96. The van der Waals surface area contributed by atoms with Gasteiger partial charge in [0.15, 0.2) is 0 Å². The highest BCUT2D eigenvalue weighted by atomic mass is 32.2. The van der Waals surface area contributed by atoms with E-state index < -0.39 is 15.3 Å². The second-order valence-corrected chi connectivity index (χ2v) is 7.73. The van der Waals surface area contributed by atoms with Gasteiger partial charge < -0.3 is 9.64 Å². The van der Waals surface area contributed by atoms with Crippen LogP contribution in [0.15, 0.2) is 24.3 Å². The smallest absolute Gasteiger partial charge is 0.217 e. The molecular formula is C15H24N2O3S. The Hall–Kier alpha value is -1.11. The Morgan fingerprint density at radius 3 is 2.71 bits per heavy atom. The molecule has 1 atom stereocenters. The summed E-state index contributed by atoms with van der Waals surface area (Å²) in [5.41, 5.74) is 2.04. The molecule has 1 aliphatic heterocycles. The van der Waals surface area contributed by atoms with Gasteiger partial charge in [0.2, 0.25) is 10.0 Å². The molecule has 1 saturated heterocycles. The van der Waals surface area contributed by atoms with E-state index in [2.05, 4.69) is 23.5 Å². The quantitative estimate of drug-likeness (QED) is 0.869. The molecule has 0 aliphatic carbocycles. The molecule has 1 aromatic rings. The predicted molar refractivity (Wildman–Crippen MR) is 85.0 cm³/mol. The Balaban J connectivity index is 2.10.